The van der Waals surface area contributed by atoms with Crippen LogP contribution in [0.2, 0.25) is 0 Å². The molecule has 0 unspecified atom stereocenters. The second kappa shape index (κ2) is 6.39. The average Bonchev–Trinajstić information content (AvgIpc) is 2.89. The first-order valence-corrected chi connectivity index (χ1v) is 8.28. The number of hydrogen-bond acceptors (Lipinski definition) is 3. The van der Waals surface area contributed by atoms with Gasteiger partial charge in [0.15, 0.2) is 0 Å². The van der Waals surface area contributed by atoms with Gasteiger partial charge in [-0.2, -0.15) is 0 Å². The number of amides is 1. The molecule has 1 fully saturated rings. The van der Waals surface area contributed by atoms with Crippen LogP contribution in [0, 0.1) is 0 Å². The minimum absolute atomic E-state index is 0.0000822. The highest BCUT2D eigenvalue weighted by molar-refractivity contribution is 5.84. The summed E-state index contributed by atoms with van der Waals surface area (Å²) in [4.78, 5) is 16.7. The van der Waals surface area contributed by atoms with E-state index in [0.717, 1.165) is 32.5 Å². The molecule has 1 aromatic rings. The number of hydrogen-bond donors (Lipinski definition) is 0. The fourth-order valence-corrected chi connectivity index (χ4v) is 3.62. The van der Waals surface area contributed by atoms with Crippen LogP contribution in [-0.2, 0) is 16.0 Å². The van der Waals surface area contributed by atoms with E-state index in [1.807, 2.05) is 11.9 Å². The molecule has 0 aromatic heterocycles. The lowest BCUT2D eigenvalue weighted by molar-refractivity contribution is -0.133. The molecule has 4 nitrogen and oxygen atoms in total. The molecule has 0 spiro atoms. The van der Waals surface area contributed by atoms with Gasteiger partial charge in [0.25, 0.3) is 0 Å². The molecule has 22 heavy (non-hydrogen) atoms. The molecular weight excluding hydrogens is 276 g/mol. The number of likely N-dealkylation sites (N-methyl/N-ethyl adjacent to an activating group) is 1. The van der Waals surface area contributed by atoms with Gasteiger partial charge in [0, 0.05) is 19.1 Å². The predicted octanol–water partition coefficient (Wildman–Crippen LogP) is 2.24. The van der Waals surface area contributed by atoms with Gasteiger partial charge in [-0.15, -0.1) is 0 Å². The number of ether oxygens (including phenoxy) is 1. The Bertz CT molecular complexity index is 544. The third-order valence-corrected chi connectivity index (χ3v) is 4.91. The summed E-state index contributed by atoms with van der Waals surface area (Å²) in [6.07, 6.45) is 1.98. The minimum atomic E-state index is 0.0000822. The lowest BCUT2D eigenvalue weighted by Gasteiger charge is -2.32. The Labute approximate surface area is 133 Å². The van der Waals surface area contributed by atoms with Crippen LogP contribution in [0.4, 0.5) is 0 Å². The van der Waals surface area contributed by atoms with Gasteiger partial charge in [0.05, 0.1) is 18.8 Å². The molecule has 120 valence electrons. The van der Waals surface area contributed by atoms with Crippen molar-refractivity contribution in [3.8, 4) is 0 Å². The van der Waals surface area contributed by atoms with Crippen molar-refractivity contribution in [2.75, 3.05) is 26.7 Å². The van der Waals surface area contributed by atoms with Crippen molar-refractivity contribution in [2.24, 2.45) is 0 Å². The average molecular weight is 302 g/mol. The van der Waals surface area contributed by atoms with E-state index in [1.165, 1.54) is 11.1 Å². The van der Waals surface area contributed by atoms with E-state index in [-0.39, 0.29) is 24.1 Å². The van der Waals surface area contributed by atoms with E-state index < -0.39 is 0 Å². The Morgan fingerprint density at radius 3 is 2.86 bits per heavy atom. The SMILES string of the molecule is CC(C)N1CC[C@H](N(C)C[C@@H]2OCCc3ccccc32)C1=O. The van der Waals surface area contributed by atoms with Crippen LogP contribution in [0.3, 0.4) is 0 Å². The lowest BCUT2D eigenvalue weighted by Crippen LogP contribution is -2.43. The molecule has 0 N–H and O–H groups in total. The highest BCUT2D eigenvalue weighted by Gasteiger charge is 2.36. The van der Waals surface area contributed by atoms with Crippen LogP contribution in [-0.4, -0.2) is 54.5 Å². The van der Waals surface area contributed by atoms with Crippen LogP contribution in [0.1, 0.15) is 37.5 Å². The predicted molar refractivity (Wildman–Crippen MR) is 86.7 cm³/mol. The molecule has 0 bridgehead atoms. The van der Waals surface area contributed by atoms with Crippen molar-refractivity contribution in [3.63, 3.8) is 0 Å². The summed E-state index contributed by atoms with van der Waals surface area (Å²) in [5.41, 5.74) is 2.67. The van der Waals surface area contributed by atoms with Crippen LogP contribution >= 0.6 is 0 Å². The van der Waals surface area contributed by atoms with Gasteiger partial charge in [-0.3, -0.25) is 9.69 Å². The fourth-order valence-electron chi connectivity index (χ4n) is 3.62. The summed E-state index contributed by atoms with van der Waals surface area (Å²) in [6, 6.07) is 8.79. The van der Waals surface area contributed by atoms with Gasteiger partial charge in [-0.25, -0.2) is 0 Å². The summed E-state index contributed by atoms with van der Waals surface area (Å²) < 4.78 is 5.98. The molecule has 1 aromatic carbocycles. The van der Waals surface area contributed by atoms with Gasteiger partial charge in [0.1, 0.15) is 0 Å². The van der Waals surface area contributed by atoms with Crippen molar-refractivity contribution in [3.05, 3.63) is 35.4 Å². The Morgan fingerprint density at radius 2 is 2.14 bits per heavy atom. The third kappa shape index (κ3) is 2.90. The Kier molecular flexibility index (Phi) is 4.50. The summed E-state index contributed by atoms with van der Waals surface area (Å²) in [5, 5.41) is 0. The molecule has 2 atom stereocenters. The second-order valence-electron chi connectivity index (χ2n) is 6.68. The standard InChI is InChI=1S/C18H26N2O2/c1-13(2)20-10-8-16(18(20)21)19(3)12-17-15-7-5-4-6-14(15)9-11-22-17/h4-7,13,16-17H,8-12H2,1-3H3/t16-,17-/m0/s1. The molecule has 2 heterocycles. The maximum Gasteiger partial charge on any atom is 0.240 e. The molecule has 0 saturated carbocycles. The van der Waals surface area contributed by atoms with Crippen molar-refractivity contribution in [1.29, 1.82) is 0 Å². The number of likely N-dealkylation sites (tertiary alicyclic amines) is 1. The second-order valence-corrected chi connectivity index (χ2v) is 6.68. The van der Waals surface area contributed by atoms with E-state index in [0.29, 0.717) is 0 Å². The smallest absolute Gasteiger partial charge is 0.240 e. The maximum absolute atomic E-state index is 12.5. The molecule has 4 heteroatoms. The molecule has 3 rings (SSSR count). The van der Waals surface area contributed by atoms with Gasteiger partial charge < -0.3 is 9.64 Å². The topological polar surface area (TPSA) is 32.8 Å². The van der Waals surface area contributed by atoms with E-state index in [9.17, 15) is 4.79 Å². The van der Waals surface area contributed by atoms with Crippen LogP contribution < -0.4 is 0 Å². The summed E-state index contributed by atoms with van der Waals surface area (Å²) in [6.45, 7) is 6.58. The van der Waals surface area contributed by atoms with Gasteiger partial charge in [-0.1, -0.05) is 24.3 Å². The molecule has 0 aliphatic carbocycles. The van der Waals surface area contributed by atoms with E-state index in [1.54, 1.807) is 0 Å². The molecule has 0 radical (unpaired) electrons. The summed E-state index contributed by atoms with van der Waals surface area (Å²) in [5.74, 6) is 0.265. The third-order valence-electron chi connectivity index (χ3n) is 4.91. The zero-order valence-electron chi connectivity index (χ0n) is 13.8. The number of nitrogens with zero attached hydrogens (tertiary/aromatic N) is 2. The zero-order valence-corrected chi connectivity index (χ0v) is 13.8. The molecule has 2 aliphatic heterocycles. The Hall–Kier alpha value is -1.39. The van der Waals surface area contributed by atoms with Crippen molar-refractivity contribution >= 4 is 5.91 Å². The van der Waals surface area contributed by atoms with E-state index in [4.69, 9.17) is 4.74 Å². The van der Waals surface area contributed by atoms with Gasteiger partial charge >= 0.3 is 0 Å². The number of carbonyl (C=O) groups is 1. The minimum Gasteiger partial charge on any atom is -0.372 e. The highest BCUT2D eigenvalue weighted by atomic mass is 16.5. The van der Waals surface area contributed by atoms with Crippen LogP contribution in [0.15, 0.2) is 24.3 Å². The van der Waals surface area contributed by atoms with Crippen molar-refractivity contribution < 1.29 is 9.53 Å². The first-order valence-electron chi connectivity index (χ1n) is 8.28. The van der Waals surface area contributed by atoms with Crippen LogP contribution in [0.25, 0.3) is 0 Å². The first kappa shape index (κ1) is 15.5. The molecule has 2 aliphatic rings. The number of carbonyl (C=O) groups excluding carboxylic acids is 1. The first-order chi connectivity index (χ1) is 10.6. The zero-order chi connectivity index (χ0) is 15.7. The van der Waals surface area contributed by atoms with Crippen molar-refractivity contribution in [1.82, 2.24) is 9.80 Å². The van der Waals surface area contributed by atoms with Crippen molar-refractivity contribution in [2.45, 2.75) is 44.9 Å². The number of fused-ring (bicyclic) bond motifs is 1. The lowest BCUT2D eigenvalue weighted by atomic mass is 9.97. The number of rotatable bonds is 4. The van der Waals surface area contributed by atoms with Gasteiger partial charge in [-0.05, 0) is 44.9 Å². The quantitative estimate of drug-likeness (QED) is 0.855. The van der Waals surface area contributed by atoms with E-state index >= 15 is 0 Å². The Morgan fingerprint density at radius 1 is 1.36 bits per heavy atom. The summed E-state index contributed by atoms with van der Waals surface area (Å²) in [7, 11) is 2.05. The number of benzene rings is 1. The van der Waals surface area contributed by atoms with Gasteiger partial charge in [0.2, 0.25) is 5.91 Å². The van der Waals surface area contributed by atoms with E-state index in [2.05, 4.69) is 43.0 Å². The highest BCUT2D eigenvalue weighted by Crippen LogP contribution is 2.29. The van der Waals surface area contributed by atoms with Crippen LogP contribution in [0.5, 0.6) is 0 Å². The summed E-state index contributed by atoms with van der Waals surface area (Å²) >= 11 is 0. The maximum atomic E-state index is 12.5. The Balaban J connectivity index is 1.68. The monoisotopic (exact) mass is 302 g/mol. The molecule has 1 amide bonds. The largest absolute Gasteiger partial charge is 0.372 e. The normalized spacial score (nSPS) is 25.1. The fraction of sp³-hybridized carbons (Fsp3) is 0.611. The molecular formula is C18H26N2O2. The molecule has 1 saturated heterocycles.